The van der Waals surface area contributed by atoms with Gasteiger partial charge in [0.1, 0.15) is 6.33 Å². The Morgan fingerprint density at radius 2 is 2.23 bits per heavy atom. The summed E-state index contributed by atoms with van der Waals surface area (Å²) in [5.41, 5.74) is 1.89. The zero-order valence-corrected chi connectivity index (χ0v) is 13.6. The molecule has 2 rings (SSSR count). The van der Waals surface area contributed by atoms with Gasteiger partial charge in [-0.05, 0) is 31.0 Å². The molecule has 0 amide bonds. The normalized spacial score (nSPS) is 11.6. The lowest BCUT2D eigenvalue weighted by Crippen LogP contribution is -2.02. The van der Waals surface area contributed by atoms with E-state index >= 15 is 0 Å². The summed E-state index contributed by atoms with van der Waals surface area (Å²) in [4.78, 5) is 0. The van der Waals surface area contributed by atoms with Crippen LogP contribution in [0.25, 0.3) is 5.69 Å². The van der Waals surface area contributed by atoms with Crippen molar-refractivity contribution >= 4 is 23.4 Å². The van der Waals surface area contributed by atoms with Crippen LogP contribution in [0, 0.1) is 35.5 Å². The molecule has 0 saturated carbocycles. The van der Waals surface area contributed by atoms with E-state index in [1.165, 1.54) is 11.8 Å². The lowest BCUT2D eigenvalue weighted by atomic mass is 10.1. The number of aryl methyl sites for hydroxylation is 1. The molecule has 1 aromatic carbocycles. The van der Waals surface area contributed by atoms with Crippen molar-refractivity contribution in [3.8, 4) is 17.8 Å². The molecule has 1 heterocycles. The van der Waals surface area contributed by atoms with E-state index in [1.54, 1.807) is 6.33 Å². The number of aromatic nitrogens is 3. The largest absolute Gasteiger partial charge is 0.277 e. The molecule has 0 aliphatic rings. The molecular weight excluding hydrogens is 318 g/mol. The molecule has 0 aliphatic carbocycles. The number of hydrogen-bond acceptors (Lipinski definition) is 5. The first-order valence-corrected chi connectivity index (χ1v) is 8.08. The van der Waals surface area contributed by atoms with Crippen molar-refractivity contribution in [3.63, 3.8) is 0 Å². The zero-order valence-electron chi connectivity index (χ0n) is 12.0. The number of nitrogens with zero attached hydrogens (tertiary/aromatic N) is 5. The Balaban J connectivity index is 2.11. The van der Waals surface area contributed by atoms with Gasteiger partial charge in [0.25, 0.3) is 0 Å². The number of rotatable bonds is 6. The molecule has 0 aliphatic heterocycles. The van der Waals surface area contributed by atoms with Gasteiger partial charge in [0.2, 0.25) is 0 Å². The fourth-order valence-electron chi connectivity index (χ4n) is 1.83. The van der Waals surface area contributed by atoms with E-state index in [0.29, 0.717) is 28.8 Å². The average molecular weight is 332 g/mol. The minimum Gasteiger partial charge on any atom is -0.277 e. The highest BCUT2D eigenvalue weighted by atomic mass is 35.5. The van der Waals surface area contributed by atoms with Crippen molar-refractivity contribution in [3.05, 3.63) is 35.1 Å². The first-order chi connectivity index (χ1) is 10.7. The summed E-state index contributed by atoms with van der Waals surface area (Å²) >= 11 is 7.61. The van der Waals surface area contributed by atoms with Gasteiger partial charge in [-0.3, -0.25) is 4.57 Å². The second-order valence-electron chi connectivity index (χ2n) is 4.75. The van der Waals surface area contributed by atoms with E-state index < -0.39 is 0 Å². The highest BCUT2D eigenvalue weighted by Crippen LogP contribution is 2.25. The van der Waals surface area contributed by atoms with Gasteiger partial charge in [0.05, 0.1) is 23.7 Å². The molecule has 0 bridgehead atoms. The Morgan fingerprint density at radius 3 is 2.91 bits per heavy atom. The van der Waals surface area contributed by atoms with Crippen LogP contribution in [0.1, 0.15) is 18.4 Å². The second kappa shape index (κ2) is 7.84. The molecule has 1 aromatic heterocycles. The number of nitriles is 2. The second-order valence-corrected chi connectivity index (χ2v) is 6.15. The Morgan fingerprint density at radius 1 is 1.41 bits per heavy atom. The van der Waals surface area contributed by atoms with E-state index in [4.69, 9.17) is 22.1 Å². The molecule has 7 heteroatoms. The van der Waals surface area contributed by atoms with Crippen molar-refractivity contribution in [1.29, 1.82) is 10.5 Å². The van der Waals surface area contributed by atoms with Crippen molar-refractivity contribution < 1.29 is 0 Å². The van der Waals surface area contributed by atoms with Gasteiger partial charge >= 0.3 is 0 Å². The fourth-order valence-corrected chi connectivity index (χ4v) is 2.99. The van der Waals surface area contributed by atoms with Crippen LogP contribution in [0.5, 0.6) is 0 Å². The molecule has 22 heavy (non-hydrogen) atoms. The zero-order chi connectivity index (χ0) is 15.9. The predicted octanol–water partition coefficient (Wildman–Crippen LogP) is 3.76. The molecule has 0 unspecified atom stereocenters. The van der Waals surface area contributed by atoms with Gasteiger partial charge in [0.15, 0.2) is 5.16 Å². The van der Waals surface area contributed by atoms with E-state index in [-0.39, 0.29) is 5.92 Å². The average Bonchev–Trinajstić information content (AvgIpc) is 2.99. The third-order valence-electron chi connectivity index (χ3n) is 3.15. The summed E-state index contributed by atoms with van der Waals surface area (Å²) in [6.07, 6.45) is 2.59. The molecule has 112 valence electrons. The Kier molecular flexibility index (Phi) is 5.83. The maximum absolute atomic E-state index is 9.10. The molecule has 0 saturated heterocycles. The summed E-state index contributed by atoms with van der Waals surface area (Å²) < 4.78 is 1.84. The highest BCUT2D eigenvalue weighted by molar-refractivity contribution is 7.99. The third kappa shape index (κ3) is 4.00. The van der Waals surface area contributed by atoms with Crippen molar-refractivity contribution in [2.75, 3.05) is 5.75 Å². The molecule has 2 aromatic rings. The van der Waals surface area contributed by atoms with Crippen LogP contribution in [0.15, 0.2) is 29.7 Å². The SMILES string of the molecule is Cc1ccc(-n2cnnc2SC[C@@H](C#N)CCC#N)cc1Cl. The van der Waals surface area contributed by atoms with Gasteiger partial charge in [-0.2, -0.15) is 10.5 Å². The molecule has 5 nitrogen and oxygen atoms in total. The third-order valence-corrected chi connectivity index (χ3v) is 4.66. The first kappa shape index (κ1) is 16.4. The van der Waals surface area contributed by atoms with Gasteiger partial charge in [-0.25, -0.2) is 0 Å². The number of benzene rings is 1. The van der Waals surface area contributed by atoms with Crippen LogP contribution < -0.4 is 0 Å². The van der Waals surface area contributed by atoms with Crippen LogP contribution in [0.4, 0.5) is 0 Å². The van der Waals surface area contributed by atoms with Gasteiger partial charge in [-0.15, -0.1) is 10.2 Å². The van der Waals surface area contributed by atoms with Gasteiger partial charge in [-0.1, -0.05) is 29.4 Å². The van der Waals surface area contributed by atoms with Gasteiger partial charge in [0, 0.05) is 17.2 Å². The summed E-state index contributed by atoms with van der Waals surface area (Å²) in [5.74, 6) is 0.410. The maximum atomic E-state index is 9.10. The van der Waals surface area contributed by atoms with Crippen LogP contribution in [-0.4, -0.2) is 20.5 Å². The lowest BCUT2D eigenvalue weighted by Gasteiger charge is -2.09. The van der Waals surface area contributed by atoms with E-state index in [2.05, 4.69) is 22.3 Å². The van der Waals surface area contributed by atoms with Crippen LogP contribution >= 0.6 is 23.4 Å². The van der Waals surface area contributed by atoms with E-state index in [9.17, 15) is 0 Å². The summed E-state index contributed by atoms with van der Waals surface area (Å²) in [5, 5.41) is 27.1. The Bertz CT molecular complexity index is 728. The monoisotopic (exact) mass is 331 g/mol. The van der Waals surface area contributed by atoms with Crippen LogP contribution in [0.2, 0.25) is 5.02 Å². The minimum atomic E-state index is -0.170. The summed E-state index contributed by atoms with van der Waals surface area (Å²) in [6, 6.07) is 10.0. The first-order valence-electron chi connectivity index (χ1n) is 6.71. The molecule has 0 radical (unpaired) electrons. The number of hydrogen-bond donors (Lipinski definition) is 0. The standard InChI is InChI=1S/C15H14ClN5S/c1-11-4-5-13(7-14(11)16)21-10-19-20-15(21)22-9-12(8-18)3-2-6-17/h4-5,7,10,12H,2-3,9H2,1H3/t12-/m1/s1. The fraction of sp³-hybridized carbons (Fsp3) is 0.333. The molecular formula is C15H14ClN5S. The lowest BCUT2D eigenvalue weighted by molar-refractivity contribution is 0.683. The van der Waals surface area contributed by atoms with Crippen molar-refractivity contribution in [1.82, 2.24) is 14.8 Å². The number of thioether (sulfide) groups is 1. The topological polar surface area (TPSA) is 78.3 Å². The van der Waals surface area contributed by atoms with E-state index in [0.717, 1.165) is 11.3 Å². The molecule has 1 atom stereocenters. The molecule has 0 fully saturated rings. The molecule has 0 N–H and O–H groups in total. The van der Waals surface area contributed by atoms with Gasteiger partial charge < -0.3 is 0 Å². The predicted molar refractivity (Wildman–Crippen MR) is 85.8 cm³/mol. The number of halogens is 1. The maximum Gasteiger partial charge on any atom is 0.195 e. The Hall–Kier alpha value is -2.02. The van der Waals surface area contributed by atoms with Crippen LogP contribution in [-0.2, 0) is 0 Å². The van der Waals surface area contributed by atoms with E-state index in [1.807, 2.05) is 29.7 Å². The van der Waals surface area contributed by atoms with Crippen molar-refractivity contribution in [2.24, 2.45) is 5.92 Å². The summed E-state index contributed by atoms with van der Waals surface area (Å²) in [7, 11) is 0. The minimum absolute atomic E-state index is 0.170. The van der Waals surface area contributed by atoms with Crippen LogP contribution in [0.3, 0.4) is 0 Å². The Labute approximate surface area is 138 Å². The summed E-state index contributed by atoms with van der Waals surface area (Å²) in [6.45, 7) is 1.95. The quantitative estimate of drug-likeness (QED) is 0.753. The highest BCUT2D eigenvalue weighted by Gasteiger charge is 2.13. The van der Waals surface area contributed by atoms with Crippen molar-refractivity contribution in [2.45, 2.75) is 24.9 Å². The smallest absolute Gasteiger partial charge is 0.195 e. The molecule has 0 spiro atoms.